The maximum atomic E-state index is 12.7. The molecule has 160 valence electrons. The minimum absolute atomic E-state index is 0.200. The van der Waals surface area contributed by atoms with Crippen LogP contribution in [0.2, 0.25) is 0 Å². The van der Waals surface area contributed by atoms with Crippen molar-refractivity contribution in [1.82, 2.24) is 9.88 Å². The van der Waals surface area contributed by atoms with E-state index in [9.17, 15) is 9.59 Å². The first-order valence-electron chi connectivity index (χ1n) is 9.70. The second-order valence-corrected chi connectivity index (χ2v) is 9.14. The van der Waals surface area contributed by atoms with Gasteiger partial charge in [0.1, 0.15) is 17.0 Å². The summed E-state index contributed by atoms with van der Waals surface area (Å²) in [5.74, 6) is 0.688. The van der Waals surface area contributed by atoms with E-state index in [1.165, 1.54) is 4.57 Å². The first-order valence-corrected chi connectivity index (χ1v) is 9.70. The van der Waals surface area contributed by atoms with Crippen LogP contribution in [0.25, 0.3) is 10.9 Å². The van der Waals surface area contributed by atoms with Crippen molar-refractivity contribution in [3.63, 3.8) is 0 Å². The molecule has 0 saturated heterocycles. The monoisotopic (exact) mass is 404 g/mol. The first kappa shape index (κ1) is 22.6. The van der Waals surface area contributed by atoms with Gasteiger partial charge in [-0.2, -0.15) is 0 Å². The Morgan fingerprint density at radius 1 is 1.07 bits per heavy atom. The predicted octanol–water partition coefficient (Wildman–Crippen LogP) is 4.89. The summed E-state index contributed by atoms with van der Waals surface area (Å²) in [5.41, 5.74) is 0.448. The maximum Gasteiger partial charge on any atom is 0.419 e. The normalized spacial score (nSPS) is 13.1. The van der Waals surface area contributed by atoms with Crippen molar-refractivity contribution < 1.29 is 23.8 Å². The molecule has 1 aromatic heterocycles. The van der Waals surface area contributed by atoms with Crippen LogP contribution in [0.5, 0.6) is 5.75 Å². The Hall–Kier alpha value is -2.70. The topological polar surface area (TPSA) is 78.8 Å². The third-order valence-corrected chi connectivity index (χ3v) is 3.97. The van der Waals surface area contributed by atoms with Gasteiger partial charge in [-0.1, -0.05) is 0 Å². The lowest BCUT2D eigenvalue weighted by Crippen LogP contribution is -2.38. The van der Waals surface area contributed by atoms with E-state index >= 15 is 0 Å². The summed E-state index contributed by atoms with van der Waals surface area (Å²) < 4.78 is 17.7. The van der Waals surface area contributed by atoms with Gasteiger partial charge in [0.05, 0.1) is 12.6 Å². The Balaban J connectivity index is 2.32. The number of alkyl carbamates (subject to hydrolysis) is 1. The lowest BCUT2D eigenvalue weighted by molar-refractivity contribution is 0.0503. The molecule has 0 unspecified atom stereocenters. The molecule has 0 bridgehead atoms. The number of nitrogens with one attached hydrogen (secondary N) is 1. The van der Waals surface area contributed by atoms with Crippen molar-refractivity contribution in [1.29, 1.82) is 0 Å². The number of aromatic nitrogens is 1. The number of carbonyl (C=O) groups is 2. The van der Waals surface area contributed by atoms with Crippen molar-refractivity contribution in [2.24, 2.45) is 0 Å². The molecule has 2 rings (SSSR count). The van der Waals surface area contributed by atoms with E-state index in [4.69, 9.17) is 14.2 Å². The molecule has 1 heterocycles. The third kappa shape index (κ3) is 6.41. The molecule has 29 heavy (non-hydrogen) atoms. The Kier molecular flexibility index (Phi) is 6.50. The lowest BCUT2D eigenvalue weighted by Gasteiger charge is -2.22. The van der Waals surface area contributed by atoms with Gasteiger partial charge in [-0.05, 0) is 78.6 Å². The van der Waals surface area contributed by atoms with Crippen LogP contribution < -0.4 is 10.1 Å². The van der Waals surface area contributed by atoms with Crippen LogP contribution in [0.4, 0.5) is 9.59 Å². The highest BCUT2D eigenvalue weighted by atomic mass is 16.6. The maximum absolute atomic E-state index is 12.7. The molecule has 1 N–H and O–H groups in total. The summed E-state index contributed by atoms with van der Waals surface area (Å²) in [6, 6.07) is 5.31. The zero-order chi connectivity index (χ0) is 22.0. The number of rotatable bonds is 4. The standard InChI is InChI=1S/C22H32N2O5/c1-14(23-19(25)28-21(2,3)4)11-15-13-24(20(26)29-22(5,6)7)18-10-9-16(27-8)12-17(15)18/h9-10,12-14H,11H2,1-8H3,(H,23,25)/t14-/m0/s1. The highest BCUT2D eigenvalue weighted by Crippen LogP contribution is 2.28. The molecule has 1 atom stereocenters. The van der Waals surface area contributed by atoms with Gasteiger partial charge in [0.2, 0.25) is 0 Å². The zero-order valence-electron chi connectivity index (χ0n) is 18.6. The molecule has 7 nitrogen and oxygen atoms in total. The van der Waals surface area contributed by atoms with Crippen molar-refractivity contribution in [3.8, 4) is 5.75 Å². The van der Waals surface area contributed by atoms with E-state index in [-0.39, 0.29) is 6.04 Å². The predicted molar refractivity (Wildman–Crippen MR) is 113 cm³/mol. The Morgan fingerprint density at radius 3 is 2.24 bits per heavy atom. The van der Waals surface area contributed by atoms with Gasteiger partial charge in [0.15, 0.2) is 0 Å². The summed E-state index contributed by atoms with van der Waals surface area (Å²) in [4.78, 5) is 24.7. The van der Waals surface area contributed by atoms with Crippen LogP contribution in [-0.4, -0.2) is 41.1 Å². The van der Waals surface area contributed by atoms with Crippen molar-refractivity contribution in [3.05, 3.63) is 30.0 Å². The van der Waals surface area contributed by atoms with Gasteiger partial charge in [0, 0.05) is 17.6 Å². The molecular weight excluding hydrogens is 372 g/mol. The molecule has 0 aliphatic heterocycles. The fourth-order valence-corrected chi connectivity index (χ4v) is 2.92. The van der Waals surface area contributed by atoms with Crippen LogP contribution in [0.1, 0.15) is 54.0 Å². The fourth-order valence-electron chi connectivity index (χ4n) is 2.92. The van der Waals surface area contributed by atoms with Crippen LogP contribution in [0.15, 0.2) is 24.4 Å². The van der Waals surface area contributed by atoms with Gasteiger partial charge in [-0.3, -0.25) is 4.57 Å². The summed E-state index contributed by atoms with van der Waals surface area (Å²) in [5, 5.41) is 3.71. The number of carbonyl (C=O) groups excluding carboxylic acids is 2. The van der Waals surface area contributed by atoms with E-state index in [2.05, 4.69) is 5.32 Å². The minimum atomic E-state index is -0.605. The summed E-state index contributed by atoms with van der Waals surface area (Å²) in [7, 11) is 1.60. The fraction of sp³-hybridized carbons (Fsp3) is 0.545. The molecular formula is C22H32N2O5. The van der Waals surface area contributed by atoms with E-state index in [0.29, 0.717) is 12.2 Å². The number of amides is 1. The van der Waals surface area contributed by atoms with Crippen molar-refractivity contribution >= 4 is 23.1 Å². The van der Waals surface area contributed by atoms with Crippen LogP contribution in [0.3, 0.4) is 0 Å². The van der Waals surface area contributed by atoms with Crippen LogP contribution >= 0.6 is 0 Å². The molecule has 2 aromatic rings. The largest absolute Gasteiger partial charge is 0.497 e. The first-order chi connectivity index (χ1) is 13.3. The Morgan fingerprint density at radius 2 is 1.69 bits per heavy atom. The molecule has 0 fully saturated rings. The Labute approximate surface area is 172 Å². The smallest absolute Gasteiger partial charge is 0.419 e. The average molecular weight is 405 g/mol. The third-order valence-electron chi connectivity index (χ3n) is 3.97. The van der Waals surface area contributed by atoms with Crippen molar-refractivity contribution in [2.45, 2.75) is 72.1 Å². The van der Waals surface area contributed by atoms with Gasteiger partial charge >= 0.3 is 12.2 Å². The van der Waals surface area contributed by atoms with E-state index in [1.807, 2.05) is 60.6 Å². The number of nitrogens with zero attached hydrogens (tertiary/aromatic N) is 1. The number of fused-ring (bicyclic) bond motifs is 1. The van der Waals surface area contributed by atoms with Crippen LogP contribution in [-0.2, 0) is 15.9 Å². The summed E-state index contributed by atoms with van der Waals surface area (Å²) in [6.07, 6.45) is 1.34. The number of ether oxygens (including phenoxy) is 3. The van der Waals surface area contributed by atoms with Gasteiger partial charge in [-0.25, -0.2) is 9.59 Å². The summed E-state index contributed by atoms with van der Waals surface area (Å²) >= 11 is 0. The second-order valence-electron chi connectivity index (χ2n) is 9.14. The highest BCUT2D eigenvalue weighted by molar-refractivity contribution is 5.93. The summed E-state index contributed by atoms with van der Waals surface area (Å²) in [6.45, 7) is 12.8. The number of benzene rings is 1. The van der Waals surface area contributed by atoms with E-state index < -0.39 is 23.4 Å². The molecule has 1 aromatic carbocycles. The molecule has 0 saturated carbocycles. The zero-order valence-corrected chi connectivity index (χ0v) is 18.6. The molecule has 0 spiro atoms. The highest BCUT2D eigenvalue weighted by Gasteiger charge is 2.23. The number of hydrogen-bond donors (Lipinski definition) is 1. The number of methoxy groups -OCH3 is 1. The van der Waals surface area contributed by atoms with Gasteiger partial charge in [0.25, 0.3) is 0 Å². The van der Waals surface area contributed by atoms with E-state index in [0.717, 1.165) is 16.5 Å². The number of hydrogen-bond acceptors (Lipinski definition) is 5. The lowest BCUT2D eigenvalue weighted by atomic mass is 10.1. The van der Waals surface area contributed by atoms with Gasteiger partial charge < -0.3 is 19.5 Å². The van der Waals surface area contributed by atoms with Gasteiger partial charge in [-0.15, -0.1) is 0 Å². The van der Waals surface area contributed by atoms with Crippen molar-refractivity contribution in [2.75, 3.05) is 7.11 Å². The molecule has 0 aliphatic carbocycles. The van der Waals surface area contributed by atoms with E-state index in [1.54, 1.807) is 19.4 Å². The average Bonchev–Trinajstić information content (AvgIpc) is 2.89. The molecule has 1 amide bonds. The minimum Gasteiger partial charge on any atom is -0.497 e. The quantitative estimate of drug-likeness (QED) is 0.785. The van der Waals surface area contributed by atoms with Crippen LogP contribution in [0, 0.1) is 0 Å². The molecule has 0 radical (unpaired) electrons. The SMILES string of the molecule is COc1ccc2c(c1)c(C[C@H](C)NC(=O)OC(C)(C)C)cn2C(=O)OC(C)(C)C. The molecule has 0 aliphatic rings. The molecule has 7 heteroatoms. The second kappa shape index (κ2) is 8.35. The Bertz CT molecular complexity index is 887.